The standard InChI is InChI=1S/C13H25NO3/c1-5-14(13(2,3)12(15)16)10-6-8-11(17-4)9-7-10/h10-11H,5-9H2,1-4H3,(H,15,16). The number of likely N-dealkylation sites (N-methyl/N-ethyl adjacent to an activating group) is 1. The summed E-state index contributed by atoms with van der Waals surface area (Å²) < 4.78 is 5.35. The molecule has 1 rings (SSSR count). The molecule has 1 fully saturated rings. The highest BCUT2D eigenvalue weighted by molar-refractivity contribution is 5.77. The average Bonchev–Trinajstić information content (AvgIpc) is 2.30. The first-order chi connectivity index (χ1) is 7.93. The number of rotatable bonds is 5. The lowest BCUT2D eigenvalue weighted by Gasteiger charge is -2.43. The lowest BCUT2D eigenvalue weighted by Crippen LogP contribution is -2.55. The predicted molar refractivity (Wildman–Crippen MR) is 67.1 cm³/mol. The molecule has 0 bridgehead atoms. The Morgan fingerprint density at radius 3 is 2.24 bits per heavy atom. The summed E-state index contributed by atoms with van der Waals surface area (Å²) in [6, 6.07) is 0.373. The van der Waals surface area contributed by atoms with E-state index in [4.69, 9.17) is 4.74 Å². The van der Waals surface area contributed by atoms with Crippen LogP contribution in [0, 0.1) is 0 Å². The average molecular weight is 243 g/mol. The van der Waals surface area contributed by atoms with Crippen molar-refractivity contribution in [1.29, 1.82) is 0 Å². The second-order valence-corrected chi connectivity index (χ2v) is 5.32. The molecule has 0 saturated heterocycles. The fourth-order valence-electron chi connectivity index (χ4n) is 2.83. The largest absolute Gasteiger partial charge is 0.480 e. The van der Waals surface area contributed by atoms with Gasteiger partial charge in [-0.05, 0) is 46.1 Å². The van der Waals surface area contributed by atoms with Crippen LogP contribution in [0.3, 0.4) is 0 Å². The minimum absolute atomic E-state index is 0.359. The van der Waals surface area contributed by atoms with E-state index in [9.17, 15) is 9.90 Å². The summed E-state index contributed by atoms with van der Waals surface area (Å²) in [5.74, 6) is -0.742. The first kappa shape index (κ1) is 14.5. The number of hydrogen-bond donors (Lipinski definition) is 1. The van der Waals surface area contributed by atoms with Gasteiger partial charge in [0.15, 0.2) is 0 Å². The molecule has 1 saturated carbocycles. The minimum Gasteiger partial charge on any atom is -0.480 e. The molecule has 0 aromatic carbocycles. The molecule has 0 unspecified atom stereocenters. The van der Waals surface area contributed by atoms with Crippen LogP contribution >= 0.6 is 0 Å². The molecule has 0 atom stereocenters. The molecule has 100 valence electrons. The monoisotopic (exact) mass is 243 g/mol. The Morgan fingerprint density at radius 2 is 1.88 bits per heavy atom. The molecule has 0 radical (unpaired) electrons. The second-order valence-electron chi connectivity index (χ2n) is 5.32. The fourth-order valence-corrected chi connectivity index (χ4v) is 2.83. The van der Waals surface area contributed by atoms with Gasteiger partial charge in [-0.3, -0.25) is 9.69 Å². The summed E-state index contributed by atoms with van der Waals surface area (Å²) in [6.07, 6.45) is 4.49. The first-order valence-electron chi connectivity index (χ1n) is 6.46. The number of aliphatic carboxylic acids is 1. The van der Waals surface area contributed by atoms with E-state index < -0.39 is 11.5 Å². The van der Waals surface area contributed by atoms with Gasteiger partial charge in [0, 0.05) is 13.2 Å². The molecule has 17 heavy (non-hydrogen) atoms. The summed E-state index contributed by atoms with van der Waals surface area (Å²) in [7, 11) is 1.75. The van der Waals surface area contributed by atoms with Gasteiger partial charge in [0.05, 0.1) is 6.10 Å². The number of carbonyl (C=O) groups is 1. The normalized spacial score (nSPS) is 26.2. The van der Waals surface area contributed by atoms with Crippen LogP contribution in [0.25, 0.3) is 0 Å². The van der Waals surface area contributed by atoms with Gasteiger partial charge in [-0.1, -0.05) is 6.92 Å². The van der Waals surface area contributed by atoms with Crippen LogP contribution in [0.2, 0.25) is 0 Å². The topological polar surface area (TPSA) is 49.8 Å². The van der Waals surface area contributed by atoms with Crippen molar-refractivity contribution in [2.45, 2.75) is 64.1 Å². The van der Waals surface area contributed by atoms with Crippen molar-refractivity contribution in [3.63, 3.8) is 0 Å². The molecule has 0 aromatic heterocycles. The first-order valence-corrected chi connectivity index (χ1v) is 6.46. The van der Waals surface area contributed by atoms with Gasteiger partial charge in [0.1, 0.15) is 5.54 Å². The lowest BCUT2D eigenvalue weighted by molar-refractivity contribution is -0.151. The molecule has 1 aliphatic carbocycles. The van der Waals surface area contributed by atoms with Gasteiger partial charge in [-0.15, -0.1) is 0 Å². The van der Waals surface area contributed by atoms with Gasteiger partial charge in [-0.2, -0.15) is 0 Å². The minimum atomic E-state index is -0.778. The van der Waals surface area contributed by atoms with Crippen molar-refractivity contribution in [3.8, 4) is 0 Å². The summed E-state index contributed by atoms with van der Waals surface area (Å²) in [5, 5.41) is 9.31. The number of ether oxygens (including phenoxy) is 1. The number of carboxylic acids is 1. The zero-order valence-corrected chi connectivity index (χ0v) is 11.4. The third-order valence-corrected chi connectivity index (χ3v) is 4.00. The van der Waals surface area contributed by atoms with E-state index in [1.807, 2.05) is 6.92 Å². The van der Waals surface area contributed by atoms with Crippen LogP contribution < -0.4 is 0 Å². The zero-order chi connectivity index (χ0) is 13.1. The number of nitrogens with zero attached hydrogens (tertiary/aromatic N) is 1. The smallest absolute Gasteiger partial charge is 0.323 e. The highest BCUT2D eigenvalue weighted by Gasteiger charge is 2.39. The van der Waals surface area contributed by atoms with Crippen LogP contribution in [-0.4, -0.2) is 47.3 Å². The summed E-state index contributed by atoms with van der Waals surface area (Å²) in [5.41, 5.74) is -0.778. The Morgan fingerprint density at radius 1 is 1.35 bits per heavy atom. The van der Waals surface area contributed by atoms with Gasteiger partial charge in [0.25, 0.3) is 0 Å². The molecule has 0 aromatic rings. The number of methoxy groups -OCH3 is 1. The van der Waals surface area contributed by atoms with Gasteiger partial charge >= 0.3 is 5.97 Å². The molecule has 4 nitrogen and oxygen atoms in total. The number of carboxylic acid groups (broad SMARTS) is 1. The Hall–Kier alpha value is -0.610. The molecule has 4 heteroatoms. The molecule has 1 aliphatic rings. The lowest BCUT2D eigenvalue weighted by atomic mass is 9.88. The highest BCUT2D eigenvalue weighted by atomic mass is 16.5. The van der Waals surface area contributed by atoms with Crippen molar-refractivity contribution < 1.29 is 14.6 Å². The third kappa shape index (κ3) is 3.19. The zero-order valence-electron chi connectivity index (χ0n) is 11.4. The molecule has 0 amide bonds. The Labute approximate surface area is 104 Å². The predicted octanol–water partition coefficient (Wildman–Crippen LogP) is 2.13. The van der Waals surface area contributed by atoms with Crippen LogP contribution in [0.4, 0.5) is 0 Å². The van der Waals surface area contributed by atoms with Gasteiger partial charge < -0.3 is 9.84 Å². The van der Waals surface area contributed by atoms with E-state index in [0.717, 1.165) is 32.2 Å². The van der Waals surface area contributed by atoms with Crippen LogP contribution in [0.1, 0.15) is 46.5 Å². The Balaban J connectivity index is 2.67. The van der Waals surface area contributed by atoms with E-state index in [-0.39, 0.29) is 0 Å². The van der Waals surface area contributed by atoms with Crippen molar-refractivity contribution in [1.82, 2.24) is 4.90 Å². The van der Waals surface area contributed by atoms with Crippen LogP contribution in [0.15, 0.2) is 0 Å². The maximum absolute atomic E-state index is 11.3. The van der Waals surface area contributed by atoms with E-state index in [2.05, 4.69) is 4.90 Å². The second kappa shape index (κ2) is 5.83. The third-order valence-electron chi connectivity index (χ3n) is 4.00. The summed E-state index contributed by atoms with van der Waals surface area (Å²) in [4.78, 5) is 13.4. The SMILES string of the molecule is CCN(C1CCC(OC)CC1)C(C)(C)C(=O)O. The van der Waals surface area contributed by atoms with Gasteiger partial charge in [-0.25, -0.2) is 0 Å². The van der Waals surface area contributed by atoms with Crippen molar-refractivity contribution in [2.24, 2.45) is 0 Å². The van der Waals surface area contributed by atoms with Crippen molar-refractivity contribution >= 4 is 5.97 Å². The van der Waals surface area contributed by atoms with E-state index in [1.165, 1.54) is 0 Å². The van der Waals surface area contributed by atoms with Gasteiger partial charge in [0.2, 0.25) is 0 Å². The molecule has 0 aliphatic heterocycles. The van der Waals surface area contributed by atoms with E-state index in [1.54, 1.807) is 21.0 Å². The Kier molecular flexibility index (Phi) is 4.95. The van der Waals surface area contributed by atoms with Crippen LogP contribution in [-0.2, 0) is 9.53 Å². The molecule has 0 spiro atoms. The number of hydrogen-bond acceptors (Lipinski definition) is 3. The maximum atomic E-state index is 11.3. The Bertz CT molecular complexity index is 257. The van der Waals surface area contributed by atoms with Crippen LogP contribution in [0.5, 0.6) is 0 Å². The highest BCUT2D eigenvalue weighted by Crippen LogP contribution is 2.29. The molecular formula is C13H25NO3. The quantitative estimate of drug-likeness (QED) is 0.803. The molecule has 1 N–H and O–H groups in total. The summed E-state index contributed by atoms with van der Waals surface area (Å²) >= 11 is 0. The van der Waals surface area contributed by atoms with E-state index >= 15 is 0 Å². The van der Waals surface area contributed by atoms with Crippen molar-refractivity contribution in [3.05, 3.63) is 0 Å². The maximum Gasteiger partial charge on any atom is 0.323 e. The van der Waals surface area contributed by atoms with E-state index in [0.29, 0.717) is 12.1 Å². The molecular weight excluding hydrogens is 218 g/mol. The van der Waals surface area contributed by atoms with Crippen molar-refractivity contribution in [2.75, 3.05) is 13.7 Å². The summed E-state index contributed by atoms with van der Waals surface area (Å²) in [6.45, 7) is 6.40. The fraction of sp³-hybridized carbons (Fsp3) is 0.923. The molecule has 0 heterocycles.